The predicted molar refractivity (Wildman–Crippen MR) is 101 cm³/mol. The number of hydrogen-bond donors (Lipinski definition) is 2. The van der Waals surface area contributed by atoms with Crippen molar-refractivity contribution in [2.24, 2.45) is 0 Å². The van der Waals surface area contributed by atoms with Crippen LogP contribution in [0.5, 0.6) is 0 Å². The largest absolute Gasteiger partial charge is 0.451 e. The standard InChI is InChI=1S/C19H23N3O5S/c23-15(11-27-16(24)14-10-12-6-2-3-7-13(12)28-14)21-22-17(25)19(20-18(22)26)8-4-1-5-9-19/h10H,1-9,11H2,(H,20,26)(H,21,23). The molecule has 1 saturated heterocycles. The second-order valence-electron chi connectivity index (χ2n) is 7.59. The van der Waals surface area contributed by atoms with Crippen molar-refractivity contribution in [3.05, 3.63) is 21.4 Å². The molecule has 4 rings (SSSR count). The van der Waals surface area contributed by atoms with Gasteiger partial charge in [0.15, 0.2) is 6.61 Å². The van der Waals surface area contributed by atoms with E-state index in [9.17, 15) is 19.2 Å². The van der Waals surface area contributed by atoms with Crippen LogP contribution in [-0.2, 0) is 27.2 Å². The number of urea groups is 1. The van der Waals surface area contributed by atoms with Crippen molar-refractivity contribution < 1.29 is 23.9 Å². The topological polar surface area (TPSA) is 105 Å². The number of aryl methyl sites for hydroxylation is 2. The van der Waals surface area contributed by atoms with Gasteiger partial charge in [-0.1, -0.05) is 19.3 Å². The fourth-order valence-electron chi connectivity index (χ4n) is 4.17. The zero-order valence-corrected chi connectivity index (χ0v) is 16.4. The molecular weight excluding hydrogens is 382 g/mol. The first-order chi connectivity index (χ1) is 13.5. The maximum atomic E-state index is 12.6. The molecule has 2 fully saturated rings. The Labute approximate surface area is 166 Å². The third-order valence-electron chi connectivity index (χ3n) is 5.64. The number of hydrogen-bond acceptors (Lipinski definition) is 6. The summed E-state index contributed by atoms with van der Waals surface area (Å²) >= 11 is 1.41. The van der Waals surface area contributed by atoms with Crippen molar-refractivity contribution in [1.29, 1.82) is 0 Å². The first-order valence-corrected chi connectivity index (χ1v) is 10.5. The molecule has 150 valence electrons. The number of carbonyl (C=O) groups is 4. The molecule has 2 aliphatic carbocycles. The minimum atomic E-state index is -0.907. The normalized spacial score (nSPS) is 20.6. The van der Waals surface area contributed by atoms with Crippen LogP contribution in [0.2, 0.25) is 0 Å². The fraction of sp³-hybridized carbons (Fsp3) is 0.579. The van der Waals surface area contributed by atoms with Gasteiger partial charge in [0, 0.05) is 4.88 Å². The maximum absolute atomic E-state index is 12.6. The van der Waals surface area contributed by atoms with E-state index in [-0.39, 0.29) is 0 Å². The summed E-state index contributed by atoms with van der Waals surface area (Å²) in [5.41, 5.74) is 2.54. The van der Waals surface area contributed by atoms with Crippen LogP contribution < -0.4 is 10.7 Å². The van der Waals surface area contributed by atoms with Gasteiger partial charge in [0.2, 0.25) is 0 Å². The molecule has 28 heavy (non-hydrogen) atoms. The van der Waals surface area contributed by atoms with Gasteiger partial charge in [0.05, 0.1) is 0 Å². The molecule has 0 bridgehead atoms. The predicted octanol–water partition coefficient (Wildman–Crippen LogP) is 2.07. The Balaban J connectivity index is 1.32. The number of fused-ring (bicyclic) bond motifs is 1. The van der Waals surface area contributed by atoms with Crippen LogP contribution in [-0.4, -0.2) is 41.0 Å². The lowest BCUT2D eigenvalue weighted by Crippen LogP contribution is -2.51. The van der Waals surface area contributed by atoms with Gasteiger partial charge in [-0.05, 0) is 50.2 Å². The van der Waals surface area contributed by atoms with E-state index in [4.69, 9.17) is 4.74 Å². The monoisotopic (exact) mass is 405 g/mol. The molecule has 1 aromatic heterocycles. The number of hydrazine groups is 1. The number of thiophene rings is 1. The molecule has 4 amide bonds. The van der Waals surface area contributed by atoms with Gasteiger partial charge in [-0.25, -0.2) is 9.59 Å². The number of amides is 4. The van der Waals surface area contributed by atoms with Crippen molar-refractivity contribution in [2.45, 2.75) is 63.3 Å². The van der Waals surface area contributed by atoms with Gasteiger partial charge in [-0.15, -0.1) is 11.3 Å². The fourth-order valence-corrected chi connectivity index (χ4v) is 5.31. The highest BCUT2D eigenvalue weighted by molar-refractivity contribution is 7.14. The van der Waals surface area contributed by atoms with Crippen LogP contribution in [0.1, 0.15) is 65.1 Å². The Bertz CT molecular complexity index is 804. The highest BCUT2D eigenvalue weighted by Crippen LogP contribution is 2.33. The second-order valence-corrected chi connectivity index (χ2v) is 8.73. The molecule has 1 aliphatic heterocycles. The average Bonchev–Trinajstić information content (AvgIpc) is 3.22. The van der Waals surface area contributed by atoms with Gasteiger partial charge in [-0.3, -0.25) is 15.0 Å². The lowest BCUT2D eigenvalue weighted by Gasteiger charge is -2.30. The van der Waals surface area contributed by atoms with Crippen LogP contribution in [0.15, 0.2) is 6.07 Å². The van der Waals surface area contributed by atoms with E-state index in [1.807, 2.05) is 6.07 Å². The van der Waals surface area contributed by atoms with Crippen molar-refractivity contribution in [2.75, 3.05) is 6.61 Å². The minimum Gasteiger partial charge on any atom is -0.451 e. The first-order valence-electron chi connectivity index (χ1n) is 9.73. The number of nitrogens with one attached hydrogen (secondary N) is 2. The SMILES string of the molecule is O=C(COC(=O)c1cc2c(s1)CCCC2)NN1C(=O)NC2(CCCCC2)C1=O. The van der Waals surface area contributed by atoms with Crippen LogP contribution in [0, 0.1) is 0 Å². The van der Waals surface area contributed by atoms with E-state index in [2.05, 4.69) is 10.7 Å². The average molecular weight is 405 g/mol. The third-order valence-corrected chi connectivity index (χ3v) is 6.85. The quantitative estimate of drug-likeness (QED) is 0.589. The summed E-state index contributed by atoms with van der Waals surface area (Å²) in [5.74, 6) is -1.72. The molecule has 8 nitrogen and oxygen atoms in total. The summed E-state index contributed by atoms with van der Waals surface area (Å²) in [6.45, 7) is -0.550. The van der Waals surface area contributed by atoms with Crippen molar-refractivity contribution >= 4 is 35.2 Å². The zero-order valence-electron chi connectivity index (χ0n) is 15.5. The number of esters is 1. The Morgan fingerprint density at radius 1 is 1.14 bits per heavy atom. The Morgan fingerprint density at radius 3 is 2.64 bits per heavy atom. The highest BCUT2D eigenvalue weighted by Gasteiger charge is 2.52. The van der Waals surface area contributed by atoms with Gasteiger partial charge in [0.25, 0.3) is 11.8 Å². The van der Waals surface area contributed by atoms with E-state index >= 15 is 0 Å². The molecule has 0 unspecified atom stereocenters. The van der Waals surface area contributed by atoms with E-state index < -0.39 is 36.0 Å². The molecule has 0 aromatic carbocycles. The summed E-state index contributed by atoms with van der Waals surface area (Å²) in [7, 11) is 0. The Hall–Kier alpha value is -2.42. The van der Waals surface area contributed by atoms with Crippen molar-refractivity contribution in [3.8, 4) is 0 Å². The zero-order chi connectivity index (χ0) is 19.7. The van der Waals surface area contributed by atoms with Crippen LogP contribution in [0.4, 0.5) is 4.79 Å². The van der Waals surface area contributed by atoms with Gasteiger partial charge < -0.3 is 10.1 Å². The van der Waals surface area contributed by atoms with E-state index in [0.29, 0.717) is 22.7 Å². The minimum absolute atomic E-state index is 0.442. The number of nitrogens with zero attached hydrogens (tertiary/aromatic N) is 1. The second kappa shape index (κ2) is 7.54. The maximum Gasteiger partial charge on any atom is 0.348 e. The Kier molecular flexibility index (Phi) is 5.09. The molecule has 9 heteroatoms. The molecule has 3 aliphatic rings. The number of carbonyl (C=O) groups excluding carboxylic acids is 4. The smallest absolute Gasteiger partial charge is 0.348 e. The molecule has 2 heterocycles. The van der Waals surface area contributed by atoms with Crippen LogP contribution in [0.3, 0.4) is 0 Å². The first kappa shape index (κ1) is 18.9. The lowest BCUT2D eigenvalue weighted by atomic mass is 9.82. The number of ether oxygens (including phenoxy) is 1. The summed E-state index contributed by atoms with van der Waals surface area (Å²) in [6.07, 6.45) is 8.07. The highest BCUT2D eigenvalue weighted by atomic mass is 32.1. The summed E-state index contributed by atoms with van der Waals surface area (Å²) < 4.78 is 5.08. The molecular formula is C19H23N3O5S. The van der Waals surface area contributed by atoms with Crippen LogP contribution >= 0.6 is 11.3 Å². The van der Waals surface area contributed by atoms with E-state index in [0.717, 1.165) is 44.9 Å². The molecule has 1 aromatic rings. The molecule has 1 spiro atoms. The third kappa shape index (κ3) is 3.50. The van der Waals surface area contributed by atoms with Crippen LogP contribution in [0.25, 0.3) is 0 Å². The van der Waals surface area contributed by atoms with Gasteiger partial charge in [-0.2, -0.15) is 5.01 Å². The van der Waals surface area contributed by atoms with E-state index in [1.54, 1.807) is 0 Å². The summed E-state index contributed by atoms with van der Waals surface area (Å²) in [5, 5.41) is 3.42. The van der Waals surface area contributed by atoms with E-state index in [1.165, 1.54) is 21.8 Å². The number of imide groups is 1. The summed E-state index contributed by atoms with van der Waals surface area (Å²) in [4.78, 5) is 50.8. The molecule has 1 saturated carbocycles. The van der Waals surface area contributed by atoms with Crippen molar-refractivity contribution in [3.63, 3.8) is 0 Å². The lowest BCUT2D eigenvalue weighted by molar-refractivity contribution is -0.140. The van der Waals surface area contributed by atoms with Gasteiger partial charge >= 0.3 is 12.0 Å². The van der Waals surface area contributed by atoms with Gasteiger partial charge in [0.1, 0.15) is 10.4 Å². The molecule has 0 atom stereocenters. The number of rotatable bonds is 4. The summed E-state index contributed by atoms with van der Waals surface area (Å²) in [6, 6.07) is 1.20. The molecule has 2 N–H and O–H groups in total. The molecule has 0 radical (unpaired) electrons. The van der Waals surface area contributed by atoms with Crippen molar-refractivity contribution in [1.82, 2.24) is 15.8 Å². The Morgan fingerprint density at radius 2 is 1.89 bits per heavy atom.